The van der Waals surface area contributed by atoms with Crippen LogP contribution in [0.15, 0.2) is 36.5 Å². The summed E-state index contributed by atoms with van der Waals surface area (Å²) in [6.45, 7) is 7.09. The van der Waals surface area contributed by atoms with Crippen LogP contribution >= 0.6 is 0 Å². The molecule has 1 aromatic carbocycles. The van der Waals surface area contributed by atoms with Crippen molar-refractivity contribution in [2.24, 2.45) is 0 Å². The molecular weight excluding hydrogens is 426 g/mol. The Morgan fingerprint density at radius 1 is 1.09 bits per heavy atom. The molecule has 1 aliphatic heterocycles. The van der Waals surface area contributed by atoms with Crippen LogP contribution in [-0.2, 0) is 10.0 Å². The number of aromatic amines is 1. The Hall–Kier alpha value is -2.85. The van der Waals surface area contributed by atoms with Gasteiger partial charge in [0.2, 0.25) is 16.0 Å². The van der Waals surface area contributed by atoms with Gasteiger partial charge in [-0.2, -0.15) is 9.97 Å². The van der Waals surface area contributed by atoms with Crippen LogP contribution in [-0.4, -0.2) is 59.2 Å². The highest BCUT2D eigenvalue weighted by Crippen LogP contribution is 2.28. The third-order valence-corrected chi connectivity index (χ3v) is 7.77. The normalized spacial score (nSPS) is 16.2. The molecule has 172 valence electrons. The highest BCUT2D eigenvalue weighted by Gasteiger charge is 2.29. The van der Waals surface area contributed by atoms with Gasteiger partial charge >= 0.3 is 0 Å². The topological polar surface area (TPSA) is 115 Å². The predicted molar refractivity (Wildman–Crippen MR) is 130 cm³/mol. The van der Waals surface area contributed by atoms with Gasteiger partial charge in [-0.15, -0.1) is 0 Å². The summed E-state index contributed by atoms with van der Waals surface area (Å²) in [6, 6.07) is 9.42. The number of likely N-dealkylation sites (tertiary alicyclic amines) is 1. The van der Waals surface area contributed by atoms with E-state index in [1.807, 2.05) is 18.3 Å². The van der Waals surface area contributed by atoms with E-state index in [9.17, 15) is 8.42 Å². The van der Waals surface area contributed by atoms with Crippen molar-refractivity contribution in [2.45, 2.75) is 44.4 Å². The predicted octanol–water partition coefficient (Wildman–Crippen LogP) is 3.75. The number of rotatable bonds is 6. The number of benzene rings is 1. The molecule has 0 unspecified atom stereocenters. The molecule has 0 amide bonds. The highest BCUT2D eigenvalue weighted by atomic mass is 32.2. The molecular formula is C22H31N7O2S. The van der Waals surface area contributed by atoms with Crippen molar-refractivity contribution >= 4 is 44.2 Å². The Kier molecular flexibility index (Phi) is 6.00. The molecule has 0 spiro atoms. The molecule has 9 nitrogen and oxygen atoms in total. The van der Waals surface area contributed by atoms with Crippen molar-refractivity contribution in [3.05, 3.63) is 36.5 Å². The largest absolute Gasteiger partial charge is 0.351 e. The van der Waals surface area contributed by atoms with Crippen LogP contribution in [0.5, 0.6) is 0 Å². The van der Waals surface area contributed by atoms with Gasteiger partial charge in [0.15, 0.2) is 0 Å². The molecule has 0 saturated carbocycles. The maximum absolute atomic E-state index is 12.5. The first-order chi connectivity index (χ1) is 15.1. The number of H-pyrrole nitrogens is 1. The number of piperidine rings is 1. The molecule has 3 heterocycles. The van der Waals surface area contributed by atoms with Crippen LogP contribution in [0.2, 0.25) is 0 Å². The summed E-state index contributed by atoms with van der Waals surface area (Å²) in [5, 5.41) is 7.66. The zero-order valence-corrected chi connectivity index (χ0v) is 19.8. The molecule has 0 radical (unpaired) electrons. The summed E-state index contributed by atoms with van der Waals surface area (Å²) in [6.07, 6.45) is 3.92. The Labute approximate surface area is 189 Å². The van der Waals surface area contributed by atoms with E-state index >= 15 is 0 Å². The lowest BCUT2D eigenvalue weighted by Crippen LogP contribution is -2.37. The first-order valence-corrected chi connectivity index (χ1v) is 12.3. The number of hydrogen-bond donors (Lipinski definition) is 4. The molecule has 32 heavy (non-hydrogen) atoms. The number of nitrogens with zero attached hydrogens (tertiary/aromatic N) is 3. The van der Waals surface area contributed by atoms with Gasteiger partial charge in [0, 0.05) is 17.9 Å². The lowest BCUT2D eigenvalue weighted by atomic mass is 10.1. The average Bonchev–Trinajstić information content (AvgIpc) is 3.18. The van der Waals surface area contributed by atoms with Crippen molar-refractivity contribution in [3.63, 3.8) is 0 Å². The average molecular weight is 458 g/mol. The van der Waals surface area contributed by atoms with Crippen LogP contribution < -0.4 is 15.4 Å². The maximum atomic E-state index is 12.5. The van der Waals surface area contributed by atoms with Gasteiger partial charge in [-0.3, -0.25) is 4.72 Å². The van der Waals surface area contributed by atoms with E-state index < -0.39 is 14.8 Å². The molecule has 1 saturated heterocycles. The standard InChI is InChI=1S/C22H31N7O2S/c1-22(2,3)32(30,31)28-17-7-5-6-16(14-17)24-20-18-8-11-23-19(18)26-21(27-20)25-15-9-12-29(4)13-10-15/h5-8,11,14-15,28H,9-10,12-13H2,1-4H3,(H3,23,24,25,26,27). The van der Waals surface area contributed by atoms with E-state index in [4.69, 9.17) is 4.98 Å². The zero-order valence-electron chi connectivity index (χ0n) is 18.9. The second kappa shape index (κ2) is 8.59. The molecule has 2 aromatic heterocycles. The summed E-state index contributed by atoms with van der Waals surface area (Å²) >= 11 is 0. The zero-order chi connectivity index (χ0) is 22.9. The maximum Gasteiger partial charge on any atom is 0.237 e. The van der Waals surface area contributed by atoms with E-state index in [1.54, 1.807) is 39.0 Å². The van der Waals surface area contributed by atoms with Gasteiger partial charge in [0.1, 0.15) is 11.5 Å². The Balaban J connectivity index is 1.57. The van der Waals surface area contributed by atoms with E-state index in [1.165, 1.54) is 0 Å². The molecule has 10 heteroatoms. The molecule has 4 rings (SSSR count). The molecule has 4 N–H and O–H groups in total. The molecule has 1 fully saturated rings. The van der Waals surface area contributed by atoms with Crippen LogP contribution in [0.25, 0.3) is 11.0 Å². The first-order valence-electron chi connectivity index (χ1n) is 10.8. The second-order valence-electron chi connectivity index (χ2n) is 9.28. The summed E-state index contributed by atoms with van der Waals surface area (Å²) < 4.78 is 26.8. The summed E-state index contributed by atoms with van der Waals surface area (Å²) in [5.74, 6) is 1.23. The number of aromatic nitrogens is 3. The van der Waals surface area contributed by atoms with Crippen molar-refractivity contribution in [1.29, 1.82) is 0 Å². The summed E-state index contributed by atoms with van der Waals surface area (Å²) in [5.41, 5.74) is 1.96. The van der Waals surface area contributed by atoms with Crippen molar-refractivity contribution in [1.82, 2.24) is 19.9 Å². The summed E-state index contributed by atoms with van der Waals surface area (Å²) in [4.78, 5) is 14.8. The molecule has 0 atom stereocenters. The fourth-order valence-electron chi connectivity index (χ4n) is 3.54. The van der Waals surface area contributed by atoms with E-state index in [0.717, 1.165) is 42.7 Å². The minimum absolute atomic E-state index is 0.335. The van der Waals surface area contributed by atoms with Crippen LogP contribution in [0.1, 0.15) is 33.6 Å². The van der Waals surface area contributed by atoms with Crippen LogP contribution in [0.4, 0.5) is 23.1 Å². The van der Waals surface area contributed by atoms with E-state index in [2.05, 4.69) is 37.3 Å². The lowest BCUT2D eigenvalue weighted by Gasteiger charge is -2.29. The molecule has 3 aromatic rings. The highest BCUT2D eigenvalue weighted by molar-refractivity contribution is 7.94. The smallest absolute Gasteiger partial charge is 0.237 e. The monoisotopic (exact) mass is 457 g/mol. The fourth-order valence-corrected chi connectivity index (χ4v) is 4.29. The van der Waals surface area contributed by atoms with Crippen molar-refractivity contribution in [3.8, 4) is 0 Å². The third kappa shape index (κ3) is 4.97. The minimum atomic E-state index is -3.52. The van der Waals surface area contributed by atoms with Gasteiger partial charge in [0.25, 0.3) is 0 Å². The third-order valence-electron chi connectivity index (χ3n) is 5.65. The molecule has 0 bridgehead atoms. The minimum Gasteiger partial charge on any atom is -0.351 e. The quantitative estimate of drug-likeness (QED) is 0.446. The number of sulfonamides is 1. The number of hydrogen-bond acceptors (Lipinski definition) is 7. The van der Waals surface area contributed by atoms with Gasteiger partial charge in [-0.1, -0.05) is 6.07 Å². The van der Waals surface area contributed by atoms with Gasteiger partial charge in [0.05, 0.1) is 15.8 Å². The van der Waals surface area contributed by atoms with Gasteiger partial charge < -0.3 is 20.5 Å². The lowest BCUT2D eigenvalue weighted by molar-refractivity contribution is 0.263. The SMILES string of the molecule is CN1CCC(Nc2nc(Nc3cccc(NS(=O)(=O)C(C)(C)C)c3)c3cc[nH]c3n2)CC1. The number of fused-ring (bicyclic) bond motifs is 1. The van der Waals surface area contributed by atoms with E-state index in [-0.39, 0.29) is 0 Å². The van der Waals surface area contributed by atoms with Crippen molar-refractivity contribution < 1.29 is 8.42 Å². The fraction of sp³-hybridized carbons (Fsp3) is 0.455. The Morgan fingerprint density at radius 3 is 2.53 bits per heavy atom. The van der Waals surface area contributed by atoms with E-state index in [0.29, 0.717) is 23.5 Å². The second-order valence-corrected chi connectivity index (χ2v) is 11.7. The molecule has 1 aliphatic rings. The number of nitrogens with one attached hydrogen (secondary N) is 4. The summed E-state index contributed by atoms with van der Waals surface area (Å²) in [7, 11) is -1.38. The number of anilines is 4. The Morgan fingerprint density at radius 2 is 1.81 bits per heavy atom. The van der Waals surface area contributed by atoms with Gasteiger partial charge in [-0.05, 0) is 78.0 Å². The van der Waals surface area contributed by atoms with Gasteiger partial charge in [-0.25, -0.2) is 8.42 Å². The van der Waals surface area contributed by atoms with Crippen molar-refractivity contribution in [2.75, 3.05) is 35.5 Å². The molecule has 0 aliphatic carbocycles. The van der Waals surface area contributed by atoms with Crippen LogP contribution in [0.3, 0.4) is 0 Å². The first kappa shape index (κ1) is 22.3. The Bertz CT molecular complexity index is 1190. The van der Waals surface area contributed by atoms with Crippen LogP contribution in [0, 0.1) is 0 Å².